The van der Waals surface area contributed by atoms with Crippen molar-refractivity contribution in [2.45, 2.75) is 6.42 Å². The predicted octanol–water partition coefficient (Wildman–Crippen LogP) is -0.486. The molecule has 1 aromatic carbocycles. The van der Waals surface area contributed by atoms with Gasteiger partial charge in [0.05, 0.1) is 18.2 Å². The molecule has 1 aliphatic rings. The molecule has 0 aromatic heterocycles. The molecule has 1 N–H and O–H groups in total. The van der Waals surface area contributed by atoms with Crippen molar-refractivity contribution in [2.24, 2.45) is 0 Å². The minimum absolute atomic E-state index is 0.185. The van der Waals surface area contributed by atoms with Gasteiger partial charge in [-0.2, -0.15) is 0 Å². The highest BCUT2D eigenvalue weighted by atomic mass is 16.4. The Hall–Kier alpha value is -2.30. The fraction of sp³-hybridized carbons (Fsp3) is 0.167. The summed E-state index contributed by atoms with van der Waals surface area (Å²) in [4.78, 5) is 21.9. The summed E-state index contributed by atoms with van der Waals surface area (Å²) >= 11 is 0. The second-order valence-corrected chi connectivity index (χ2v) is 3.65. The van der Waals surface area contributed by atoms with E-state index in [0.29, 0.717) is 0 Å². The van der Waals surface area contributed by atoms with Crippen LogP contribution in [0.2, 0.25) is 0 Å². The van der Waals surface area contributed by atoms with Crippen molar-refractivity contribution < 1.29 is 14.7 Å². The molecule has 2 rings (SSSR count). The molecule has 0 radical (unpaired) electrons. The van der Waals surface area contributed by atoms with Gasteiger partial charge >= 0.3 is 0 Å². The van der Waals surface area contributed by atoms with Crippen LogP contribution in [0.4, 0.5) is 0 Å². The maximum atomic E-state index is 11.4. The molecule has 5 nitrogen and oxygen atoms in total. The van der Waals surface area contributed by atoms with E-state index in [0.717, 1.165) is 16.3 Å². The number of nitrogens with zero attached hydrogens (tertiary/aromatic N) is 1. The third-order valence-electron chi connectivity index (χ3n) is 2.41. The van der Waals surface area contributed by atoms with E-state index in [1.807, 2.05) is 30.3 Å². The average molecular weight is 231 g/mol. The number of rotatable bonds is 3. The Morgan fingerprint density at radius 1 is 1.35 bits per heavy atom. The summed E-state index contributed by atoms with van der Waals surface area (Å²) in [6.45, 7) is -0.455. The number of amides is 1. The van der Waals surface area contributed by atoms with Gasteiger partial charge in [0.15, 0.2) is 0 Å². The maximum absolute atomic E-state index is 11.4. The number of carbonyl (C=O) groups is 2. The largest absolute Gasteiger partial charge is 0.548 e. The lowest BCUT2D eigenvalue weighted by atomic mass is 10.1. The molecule has 1 heterocycles. The molecule has 1 aromatic rings. The Morgan fingerprint density at radius 3 is 2.71 bits per heavy atom. The summed E-state index contributed by atoms with van der Waals surface area (Å²) in [5, 5.41) is 11.5. The van der Waals surface area contributed by atoms with E-state index in [9.17, 15) is 14.7 Å². The molecule has 0 saturated carbocycles. The smallest absolute Gasteiger partial charge is 0.245 e. The van der Waals surface area contributed by atoms with E-state index < -0.39 is 12.5 Å². The molecule has 17 heavy (non-hydrogen) atoms. The Labute approximate surface area is 98.3 Å². The maximum Gasteiger partial charge on any atom is 0.245 e. The van der Waals surface area contributed by atoms with E-state index in [4.69, 9.17) is 0 Å². The topological polar surface area (TPSA) is 72.5 Å². The normalized spacial score (nSPS) is 15.2. The van der Waals surface area contributed by atoms with Crippen molar-refractivity contribution in [1.29, 1.82) is 0 Å². The van der Waals surface area contributed by atoms with Crippen molar-refractivity contribution >= 4 is 17.6 Å². The van der Waals surface area contributed by atoms with Crippen molar-refractivity contribution in [3.8, 4) is 0 Å². The first-order chi connectivity index (χ1) is 8.16. The lowest BCUT2D eigenvalue weighted by molar-refractivity contribution is -0.306. The van der Waals surface area contributed by atoms with Gasteiger partial charge in [-0.15, -0.1) is 0 Å². The molecular weight excluding hydrogens is 220 g/mol. The van der Waals surface area contributed by atoms with Crippen LogP contribution in [0.25, 0.3) is 5.70 Å². The van der Waals surface area contributed by atoms with Gasteiger partial charge in [-0.3, -0.25) is 15.2 Å². The minimum Gasteiger partial charge on any atom is -0.548 e. The molecule has 0 atom stereocenters. The second-order valence-electron chi connectivity index (χ2n) is 3.65. The Kier molecular flexibility index (Phi) is 3.09. The number of nitrogens with one attached hydrogen (secondary N) is 1. The van der Waals surface area contributed by atoms with E-state index in [-0.39, 0.29) is 12.3 Å². The summed E-state index contributed by atoms with van der Waals surface area (Å²) < 4.78 is 0. The zero-order valence-corrected chi connectivity index (χ0v) is 9.05. The van der Waals surface area contributed by atoms with Crippen molar-refractivity contribution in [1.82, 2.24) is 10.4 Å². The zero-order chi connectivity index (χ0) is 12.3. The molecular formula is C12H11N2O3-. The van der Waals surface area contributed by atoms with Crippen LogP contribution < -0.4 is 10.5 Å². The Bertz CT molecular complexity index is 468. The molecule has 88 valence electrons. The molecule has 0 unspecified atom stereocenters. The molecule has 0 bridgehead atoms. The van der Waals surface area contributed by atoms with E-state index in [2.05, 4.69) is 5.43 Å². The fourth-order valence-electron chi connectivity index (χ4n) is 1.61. The first-order valence-electron chi connectivity index (χ1n) is 5.19. The molecule has 0 fully saturated rings. The van der Waals surface area contributed by atoms with Gasteiger partial charge < -0.3 is 9.90 Å². The number of carboxylic acid groups (broad SMARTS) is 1. The first-order valence-corrected chi connectivity index (χ1v) is 5.19. The summed E-state index contributed by atoms with van der Waals surface area (Å²) in [5.74, 6) is -1.57. The van der Waals surface area contributed by atoms with Crippen molar-refractivity contribution in [2.75, 3.05) is 6.54 Å². The van der Waals surface area contributed by atoms with E-state index in [1.54, 1.807) is 6.08 Å². The van der Waals surface area contributed by atoms with Crippen LogP contribution in [0.3, 0.4) is 0 Å². The predicted molar refractivity (Wildman–Crippen MR) is 58.9 cm³/mol. The number of carboxylic acids is 1. The highest BCUT2D eigenvalue weighted by Crippen LogP contribution is 2.16. The molecule has 0 spiro atoms. The number of carbonyl (C=O) groups excluding carboxylic acids is 2. The first kappa shape index (κ1) is 11.2. The summed E-state index contributed by atoms with van der Waals surface area (Å²) in [7, 11) is 0. The standard InChI is InChI=1S/C12H12N2O3/c15-11-7-6-10(9-4-2-1-3-5-9)13-14(11)8-12(16)17/h1-6,13H,7-8H2,(H,16,17)/p-1. The van der Waals surface area contributed by atoms with Gasteiger partial charge in [-0.25, -0.2) is 0 Å². The summed E-state index contributed by atoms with van der Waals surface area (Å²) in [6.07, 6.45) is 1.92. The summed E-state index contributed by atoms with van der Waals surface area (Å²) in [5.41, 5.74) is 4.41. The summed E-state index contributed by atoms with van der Waals surface area (Å²) in [6, 6.07) is 9.39. The number of aliphatic carboxylic acids is 1. The third kappa shape index (κ3) is 2.63. The van der Waals surface area contributed by atoms with Gasteiger partial charge in [-0.1, -0.05) is 30.3 Å². The Morgan fingerprint density at radius 2 is 2.06 bits per heavy atom. The van der Waals surface area contributed by atoms with Crippen LogP contribution in [0.5, 0.6) is 0 Å². The number of hydrazine groups is 1. The SMILES string of the molecule is O=C([O-])CN1NC(c2ccccc2)=CCC1=O. The average Bonchev–Trinajstić information content (AvgIpc) is 2.32. The van der Waals surface area contributed by atoms with Crippen molar-refractivity contribution in [3.63, 3.8) is 0 Å². The van der Waals surface area contributed by atoms with Gasteiger partial charge in [0.2, 0.25) is 5.91 Å². The highest BCUT2D eigenvalue weighted by Gasteiger charge is 2.19. The third-order valence-corrected chi connectivity index (χ3v) is 2.41. The van der Waals surface area contributed by atoms with Gasteiger partial charge in [0, 0.05) is 6.42 Å². The highest BCUT2D eigenvalue weighted by molar-refractivity contribution is 5.86. The zero-order valence-electron chi connectivity index (χ0n) is 9.05. The molecule has 1 amide bonds. The molecule has 0 saturated heterocycles. The van der Waals surface area contributed by atoms with Crippen LogP contribution in [-0.2, 0) is 9.59 Å². The molecule has 5 heteroatoms. The van der Waals surface area contributed by atoms with Crippen LogP contribution in [-0.4, -0.2) is 23.4 Å². The van der Waals surface area contributed by atoms with Crippen molar-refractivity contribution in [3.05, 3.63) is 42.0 Å². The van der Waals surface area contributed by atoms with E-state index in [1.165, 1.54) is 0 Å². The fourth-order valence-corrected chi connectivity index (χ4v) is 1.61. The second kappa shape index (κ2) is 4.69. The van der Waals surface area contributed by atoms with Crippen LogP contribution >= 0.6 is 0 Å². The number of benzene rings is 1. The lowest BCUT2D eigenvalue weighted by Gasteiger charge is -2.29. The quantitative estimate of drug-likeness (QED) is 0.762. The lowest BCUT2D eigenvalue weighted by Crippen LogP contribution is -2.49. The number of hydrogen-bond donors (Lipinski definition) is 1. The van der Waals surface area contributed by atoms with Gasteiger partial charge in [0.1, 0.15) is 0 Å². The van der Waals surface area contributed by atoms with Gasteiger partial charge in [0.25, 0.3) is 0 Å². The van der Waals surface area contributed by atoms with Gasteiger partial charge in [-0.05, 0) is 11.6 Å². The van der Waals surface area contributed by atoms with Crippen LogP contribution in [0.15, 0.2) is 36.4 Å². The molecule has 1 aliphatic heterocycles. The van der Waals surface area contributed by atoms with Crippen LogP contribution in [0.1, 0.15) is 12.0 Å². The number of hydrogen-bond acceptors (Lipinski definition) is 4. The van der Waals surface area contributed by atoms with Crippen LogP contribution in [0, 0.1) is 0 Å². The molecule has 0 aliphatic carbocycles. The van der Waals surface area contributed by atoms with E-state index >= 15 is 0 Å². The monoisotopic (exact) mass is 231 g/mol. The Balaban J connectivity index is 2.16. The minimum atomic E-state index is -1.29.